The van der Waals surface area contributed by atoms with Gasteiger partial charge in [-0.2, -0.15) is 5.26 Å². The highest BCUT2D eigenvalue weighted by Crippen LogP contribution is 2.30. The molecule has 0 radical (unpaired) electrons. The van der Waals surface area contributed by atoms with E-state index in [2.05, 4.69) is 34.4 Å². The van der Waals surface area contributed by atoms with E-state index in [0.717, 1.165) is 37.9 Å². The van der Waals surface area contributed by atoms with Crippen LogP contribution in [0.4, 0.5) is 0 Å². The molecule has 1 N–H and O–H groups in total. The van der Waals surface area contributed by atoms with Crippen LogP contribution in [-0.4, -0.2) is 42.1 Å². The molecular weight excluding hydrogens is 248 g/mol. The van der Waals surface area contributed by atoms with E-state index in [1.54, 1.807) is 0 Å². The standard InChI is InChI=1S/C16H24N4/c1-18-16(13-17)9-5-7-15(12-16)20(2)11-8-14-6-3-4-10-19-14/h3-4,6,10,15,18H,5,7-9,11-12H2,1-2H3. The van der Waals surface area contributed by atoms with Crippen LogP contribution in [0.3, 0.4) is 0 Å². The maximum absolute atomic E-state index is 9.41. The number of aromatic nitrogens is 1. The predicted octanol–water partition coefficient (Wildman–Crippen LogP) is 1.98. The van der Waals surface area contributed by atoms with E-state index in [0.29, 0.717) is 6.04 Å². The maximum atomic E-state index is 9.41. The Kier molecular flexibility index (Phi) is 5.11. The zero-order chi connectivity index (χ0) is 14.4. The summed E-state index contributed by atoms with van der Waals surface area (Å²) in [6.45, 7) is 0.993. The number of pyridine rings is 1. The van der Waals surface area contributed by atoms with Crippen molar-refractivity contribution >= 4 is 0 Å². The zero-order valence-electron chi connectivity index (χ0n) is 12.5. The Labute approximate surface area is 121 Å². The van der Waals surface area contributed by atoms with E-state index in [4.69, 9.17) is 0 Å². The van der Waals surface area contributed by atoms with Crippen molar-refractivity contribution in [2.24, 2.45) is 0 Å². The molecule has 0 aliphatic heterocycles. The topological polar surface area (TPSA) is 52.0 Å². The van der Waals surface area contributed by atoms with Crippen LogP contribution in [0.2, 0.25) is 0 Å². The number of hydrogen-bond acceptors (Lipinski definition) is 4. The minimum atomic E-state index is -0.331. The third-order valence-corrected chi connectivity index (χ3v) is 4.49. The van der Waals surface area contributed by atoms with Gasteiger partial charge in [0.1, 0.15) is 5.54 Å². The highest BCUT2D eigenvalue weighted by atomic mass is 15.1. The minimum Gasteiger partial charge on any atom is -0.303 e. The van der Waals surface area contributed by atoms with Gasteiger partial charge in [-0.1, -0.05) is 6.07 Å². The van der Waals surface area contributed by atoms with Gasteiger partial charge in [-0.15, -0.1) is 0 Å². The van der Waals surface area contributed by atoms with Crippen LogP contribution < -0.4 is 5.32 Å². The quantitative estimate of drug-likeness (QED) is 0.890. The maximum Gasteiger partial charge on any atom is 0.108 e. The fourth-order valence-corrected chi connectivity index (χ4v) is 3.03. The first-order valence-electron chi connectivity index (χ1n) is 7.39. The van der Waals surface area contributed by atoms with Gasteiger partial charge in [-0.25, -0.2) is 0 Å². The molecule has 1 fully saturated rings. The molecule has 2 rings (SSSR count). The number of nitrogens with one attached hydrogen (secondary N) is 1. The Morgan fingerprint density at radius 2 is 2.40 bits per heavy atom. The van der Waals surface area contributed by atoms with Gasteiger partial charge >= 0.3 is 0 Å². The van der Waals surface area contributed by atoms with Crippen LogP contribution in [0.5, 0.6) is 0 Å². The van der Waals surface area contributed by atoms with Gasteiger partial charge in [0.2, 0.25) is 0 Å². The summed E-state index contributed by atoms with van der Waals surface area (Å²) in [5.41, 5.74) is 0.803. The summed E-state index contributed by atoms with van der Waals surface area (Å²) in [5.74, 6) is 0. The van der Waals surface area contributed by atoms with Gasteiger partial charge in [0.05, 0.1) is 6.07 Å². The molecule has 2 atom stereocenters. The molecule has 1 aliphatic carbocycles. The summed E-state index contributed by atoms with van der Waals surface area (Å²) in [4.78, 5) is 6.75. The van der Waals surface area contributed by atoms with Crippen molar-refractivity contribution in [3.05, 3.63) is 30.1 Å². The van der Waals surface area contributed by atoms with Gasteiger partial charge in [-0.05, 0) is 51.9 Å². The second-order valence-electron chi connectivity index (χ2n) is 5.75. The van der Waals surface area contributed by atoms with Crippen molar-refractivity contribution in [1.29, 1.82) is 5.26 Å². The second kappa shape index (κ2) is 6.83. The number of hydrogen-bond donors (Lipinski definition) is 1. The summed E-state index contributed by atoms with van der Waals surface area (Å²) in [6, 6.07) is 9.01. The first kappa shape index (κ1) is 15.0. The largest absolute Gasteiger partial charge is 0.303 e. The molecule has 0 spiro atoms. The number of rotatable bonds is 5. The molecule has 1 aliphatic rings. The van der Waals surface area contributed by atoms with Crippen LogP contribution in [0.1, 0.15) is 31.4 Å². The summed E-state index contributed by atoms with van der Waals surface area (Å²) < 4.78 is 0. The van der Waals surface area contributed by atoms with Crippen LogP contribution in [0.25, 0.3) is 0 Å². The molecule has 1 aromatic rings. The predicted molar refractivity (Wildman–Crippen MR) is 80.2 cm³/mol. The number of nitrogens with zero attached hydrogens (tertiary/aromatic N) is 3. The van der Waals surface area contributed by atoms with E-state index < -0.39 is 0 Å². The molecule has 0 bridgehead atoms. The monoisotopic (exact) mass is 272 g/mol. The molecule has 1 aromatic heterocycles. The van der Waals surface area contributed by atoms with Crippen molar-refractivity contribution in [2.45, 2.75) is 43.7 Å². The van der Waals surface area contributed by atoms with Crippen LogP contribution in [0, 0.1) is 11.3 Å². The van der Waals surface area contributed by atoms with E-state index in [1.807, 2.05) is 25.4 Å². The van der Waals surface area contributed by atoms with Gasteiger partial charge in [0, 0.05) is 30.9 Å². The molecule has 4 heteroatoms. The Morgan fingerprint density at radius 3 is 3.05 bits per heavy atom. The van der Waals surface area contributed by atoms with Crippen molar-refractivity contribution in [3.8, 4) is 6.07 Å². The molecular formula is C16H24N4. The van der Waals surface area contributed by atoms with Crippen LogP contribution in [-0.2, 0) is 6.42 Å². The normalized spacial score (nSPS) is 26.4. The molecule has 4 nitrogen and oxygen atoms in total. The molecule has 1 saturated carbocycles. The lowest BCUT2D eigenvalue weighted by molar-refractivity contribution is 0.149. The third kappa shape index (κ3) is 3.56. The number of likely N-dealkylation sites (N-methyl/N-ethyl adjacent to an activating group) is 1. The first-order chi connectivity index (χ1) is 9.69. The average molecular weight is 272 g/mol. The zero-order valence-corrected chi connectivity index (χ0v) is 12.5. The molecule has 108 valence electrons. The summed E-state index contributed by atoms with van der Waals surface area (Å²) >= 11 is 0. The first-order valence-corrected chi connectivity index (χ1v) is 7.39. The van der Waals surface area contributed by atoms with Crippen LogP contribution in [0.15, 0.2) is 24.4 Å². The molecule has 0 aromatic carbocycles. The SMILES string of the molecule is CNC1(C#N)CCCC(N(C)CCc2ccccn2)C1. The lowest BCUT2D eigenvalue weighted by Gasteiger charge is -2.39. The Hall–Kier alpha value is -1.44. The second-order valence-corrected chi connectivity index (χ2v) is 5.75. The molecule has 1 heterocycles. The van der Waals surface area contributed by atoms with E-state index in [9.17, 15) is 5.26 Å². The van der Waals surface area contributed by atoms with Crippen molar-refractivity contribution in [2.75, 3.05) is 20.6 Å². The Morgan fingerprint density at radius 1 is 1.55 bits per heavy atom. The van der Waals surface area contributed by atoms with E-state index >= 15 is 0 Å². The Bertz CT molecular complexity index is 453. The van der Waals surface area contributed by atoms with Gasteiger partial charge in [0.25, 0.3) is 0 Å². The highest BCUT2D eigenvalue weighted by Gasteiger charge is 2.36. The van der Waals surface area contributed by atoms with Crippen molar-refractivity contribution in [3.63, 3.8) is 0 Å². The highest BCUT2D eigenvalue weighted by molar-refractivity contribution is 5.10. The van der Waals surface area contributed by atoms with E-state index in [-0.39, 0.29) is 5.54 Å². The minimum absolute atomic E-state index is 0.331. The van der Waals surface area contributed by atoms with Crippen molar-refractivity contribution in [1.82, 2.24) is 15.2 Å². The van der Waals surface area contributed by atoms with E-state index in [1.165, 1.54) is 6.42 Å². The Balaban J connectivity index is 1.89. The smallest absolute Gasteiger partial charge is 0.108 e. The molecule has 20 heavy (non-hydrogen) atoms. The van der Waals surface area contributed by atoms with Gasteiger partial charge in [-0.3, -0.25) is 4.98 Å². The fraction of sp³-hybridized carbons (Fsp3) is 0.625. The molecule has 0 amide bonds. The van der Waals surface area contributed by atoms with Gasteiger partial charge < -0.3 is 10.2 Å². The lowest BCUT2D eigenvalue weighted by atomic mass is 9.79. The molecule has 0 saturated heterocycles. The number of nitriles is 1. The summed E-state index contributed by atoms with van der Waals surface area (Å²) in [5, 5.41) is 12.6. The third-order valence-electron chi connectivity index (χ3n) is 4.49. The molecule has 2 unspecified atom stereocenters. The van der Waals surface area contributed by atoms with Crippen molar-refractivity contribution < 1.29 is 0 Å². The lowest BCUT2D eigenvalue weighted by Crippen LogP contribution is -2.51. The van der Waals surface area contributed by atoms with Crippen LogP contribution >= 0.6 is 0 Å². The van der Waals surface area contributed by atoms with Gasteiger partial charge in [0.15, 0.2) is 0 Å². The fourth-order valence-electron chi connectivity index (χ4n) is 3.03. The summed E-state index contributed by atoms with van der Waals surface area (Å²) in [7, 11) is 4.07. The summed E-state index contributed by atoms with van der Waals surface area (Å²) in [6.07, 6.45) is 6.99. The average Bonchev–Trinajstić information content (AvgIpc) is 2.53.